The number of hydrogen-bond acceptors (Lipinski definition) is 4. The minimum atomic E-state index is -0.241. The van der Waals surface area contributed by atoms with Gasteiger partial charge in [-0.2, -0.15) is 0 Å². The maximum Gasteiger partial charge on any atom is 0.410 e. The molecule has 1 fully saturated rings. The van der Waals surface area contributed by atoms with Crippen LogP contribution in [-0.4, -0.2) is 40.6 Å². The van der Waals surface area contributed by atoms with E-state index in [-0.39, 0.29) is 6.09 Å². The van der Waals surface area contributed by atoms with Gasteiger partial charge in [0.05, 0.1) is 5.36 Å². The molecule has 1 aliphatic heterocycles. The maximum atomic E-state index is 12.1. The molecular formula is C19H23N3O3. The van der Waals surface area contributed by atoms with Crippen LogP contribution in [0.5, 0.6) is 0 Å². The third-order valence-electron chi connectivity index (χ3n) is 4.41. The summed E-state index contributed by atoms with van der Waals surface area (Å²) in [6, 6.07) is 13.3. The summed E-state index contributed by atoms with van der Waals surface area (Å²) < 4.78 is 6.38. The maximum absolute atomic E-state index is 12.1. The number of carbonyl (C=O) groups is 1. The predicted octanol–water partition coefficient (Wildman–Crippen LogP) is 2.67. The molecule has 1 N–H and O–H groups in total. The van der Waals surface area contributed by atoms with E-state index < -0.39 is 0 Å². The number of carbonyl (C=O) groups excluding carboxylic acids is 1. The van der Waals surface area contributed by atoms with Crippen molar-refractivity contribution < 1.29 is 14.7 Å². The van der Waals surface area contributed by atoms with Crippen molar-refractivity contribution >= 4 is 6.09 Å². The zero-order chi connectivity index (χ0) is 17.5. The Morgan fingerprint density at radius 1 is 1.12 bits per heavy atom. The summed E-state index contributed by atoms with van der Waals surface area (Å²) >= 11 is 0. The van der Waals surface area contributed by atoms with E-state index in [0.29, 0.717) is 25.6 Å². The van der Waals surface area contributed by atoms with Gasteiger partial charge in [0.2, 0.25) is 0 Å². The number of aromatic nitrogens is 1. The number of ether oxygens (including phenoxy) is 1. The Kier molecular flexibility index (Phi) is 5.72. The van der Waals surface area contributed by atoms with Crippen LogP contribution in [0.2, 0.25) is 0 Å². The van der Waals surface area contributed by atoms with Crippen LogP contribution < -0.4 is 5.36 Å². The number of pyridine rings is 1. The van der Waals surface area contributed by atoms with Crippen molar-refractivity contribution in [1.29, 1.82) is 0 Å². The number of likely N-dealkylation sites (tertiary alicyclic amines) is 1. The first-order valence-electron chi connectivity index (χ1n) is 8.54. The fourth-order valence-corrected chi connectivity index (χ4v) is 2.86. The summed E-state index contributed by atoms with van der Waals surface area (Å²) in [5.41, 5.74) is 0.997. The Morgan fingerprint density at radius 2 is 1.80 bits per heavy atom. The van der Waals surface area contributed by atoms with Crippen LogP contribution in [-0.2, 0) is 11.3 Å². The van der Waals surface area contributed by atoms with Crippen LogP contribution in [0.25, 0.3) is 0 Å². The van der Waals surface area contributed by atoms with E-state index in [2.05, 4.69) is 4.99 Å². The highest BCUT2D eigenvalue weighted by Crippen LogP contribution is 2.18. The summed E-state index contributed by atoms with van der Waals surface area (Å²) in [6.45, 7) is 2.47. The molecule has 0 unspecified atom stereocenters. The molecule has 0 aliphatic carbocycles. The van der Waals surface area contributed by atoms with E-state index in [9.17, 15) is 10.0 Å². The second-order valence-corrected chi connectivity index (χ2v) is 6.25. The quantitative estimate of drug-likeness (QED) is 0.870. The standard InChI is InChI=1S/C19H23N3O3/c23-19(25-15-17-4-2-1-3-5-17)21-10-6-16(7-11-21)14-20-18-8-12-22(24)13-9-18/h1-5,8-9,12-13,16,24H,6-7,10-11,14-15H2. The van der Waals surface area contributed by atoms with Crippen molar-refractivity contribution in [2.75, 3.05) is 19.6 Å². The molecule has 0 bridgehead atoms. The SMILES string of the molecule is O=C(OCc1ccccc1)N1CCC(CN=c2ccn(O)cc2)CC1. The van der Waals surface area contributed by atoms with Gasteiger partial charge in [0, 0.05) is 32.0 Å². The lowest BCUT2D eigenvalue weighted by atomic mass is 9.97. The van der Waals surface area contributed by atoms with Gasteiger partial charge in [-0.1, -0.05) is 30.3 Å². The smallest absolute Gasteiger partial charge is 0.410 e. The van der Waals surface area contributed by atoms with E-state index in [1.165, 1.54) is 0 Å². The zero-order valence-electron chi connectivity index (χ0n) is 14.1. The zero-order valence-corrected chi connectivity index (χ0v) is 14.1. The normalized spacial score (nSPS) is 15.0. The van der Waals surface area contributed by atoms with Crippen molar-refractivity contribution in [3.8, 4) is 0 Å². The first-order valence-corrected chi connectivity index (χ1v) is 8.54. The number of nitrogens with zero attached hydrogens (tertiary/aromatic N) is 3. The van der Waals surface area contributed by atoms with E-state index >= 15 is 0 Å². The molecule has 1 aromatic carbocycles. The summed E-state index contributed by atoms with van der Waals surface area (Å²) in [5, 5.41) is 10.1. The van der Waals surface area contributed by atoms with Gasteiger partial charge in [-0.25, -0.2) is 9.52 Å². The Morgan fingerprint density at radius 3 is 2.48 bits per heavy atom. The average Bonchev–Trinajstić information content (AvgIpc) is 2.67. The molecule has 132 valence electrons. The molecule has 0 saturated carbocycles. The van der Waals surface area contributed by atoms with Crippen LogP contribution in [0, 0.1) is 5.92 Å². The largest absolute Gasteiger partial charge is 0.445 e. The number of amides is 1. The molecule has 6 nitrogen and oxygen atoms in total. The van der Waals surface area contributed by atoms with Gasteiger partial charge in [-0.3, -0.25) is 4.99 Å². The van der Waals surface area contributed by atoms with Crippen molar-refractivity contribution in [3.05, 3.63) is 65.8 Å². The molecule has 1 aliphatic rings. The van der Waals surface area contributed by atoms with Gasteiger partial charge < -0.3 is 14.8 Å². The topological polar surface area (TPSA) is 67.1 Å². The molecule has 3 rings (SSSR count). The molecule has 2 heterocycles. The molecule has 6 heteroatoms. The Balaban J connectivity index is 1.42. The van der Waals surface area contributed by atoms with Crippen molar-refractivity contribution in [1.82, 2.24) is 9.63 Å². The number of benzene rings is 1. The summed E-state index contributed by atoms with van der Waals surface area (Å²) in [6.07, 6.45) is 4.73. The van der Waals surface area contributed by atoms with Crippen LogP contribution in [0.4, 0.5) is 4.79 Å². The minimum absolute atomic E-state index is 0.241. The van der Waals surface area contributed by atoms with Gasteiger partial charge in [-0.15, -0.1) is 0 Å². The van der Waals surface area contributed by atoms with Gasteiger partial charge in [-0.05, 0) is 36.5 Å². The second kappa shape index (κ2) is 8.37. The Hall–Kier alpha value is -2.76. The van der Waals surface area contributed by atoms with Gasteiger partial charge in [0.1, 0.15) is 6.61 Å². The molecular weight excluding hydrogens is 318 g/mol. The lowest BCUT2D eigenvalue weighted by Crippen LogP contribution is -2.39. The second-order valence-electron chi connectivity index (χ2n) is 6.25. The third-order valence-corrected chi connectivity index (χ3v) is 4.41. The molecule has 1 saturated heterocycles. The van der Waals surface area contributed by atoms with Crippen molar-refractivity contribution in [2.24, 2.45) is 10.9 Å². The minimum Gasteiger partial charge on any atom is -0.445 e. The Labute approximate surface area is 147 Å². The van der Waals surface area contributed by atoms with E-state index in [0.717, 1.165) is 35.0 Å². The number of piperidine rings is 1. The summed E-state index contributed by atoms with van der Waals surface area (Å²) in [5.74, 6) is 0.472. The fourth-order valence-electron chi connectivity index (χ4n) is 2.86. The van der Waals surface area contributed by atoms with E-state index in [4.69, 9.17) is 4.74 Å². The highest BCUT2D eigenvalue weighted by atomic mass is 16.6. The Bertz CT molecular complexity index is 730. The highest BCUT2D eigenvalue weighted by Gasteiger charge is 2.23. The lowest BCUT2D eigenvalue weighted by molar-refractivity contribution is 0.0829. The molecule has 25 heavy (non-hydrogen) atoms. The van der Waals surface area contributed by atoms with Crippen LogP contribution in [0.1, 0.15) is 18.4 Å². The van der Waals surface area contributed by atoms with Crippen LogP contribution in [0.3, 0.4) is 0 Å². The van der Waals surface area contributed by atoms with Gasteiger partial charge in [0.25, 0.3) is 0 Å². The van der Waals surface area contributed by atoms with Crippen LogP contribution in [0.15, 0.2) is 59.9 Å². The first-order chi connectivity index (χ1) is 12.2. The van der Waals surface area contributed by atoms with Crippen molar-refractivity contribution in [3.63, 3.8) is 0 Å². The third kappa shape index (κ3) is 5.11. The molecule has 0 radical (unpaired) electrons. The van der Waals surface area contributed by atoms with Crippen LogP contribution >= 0.6 is 0 Å². The molecule has 1 aromatic heterocycles. The van der Waals surface area contributed by atoms with E-state index in [1.807, 2.05) is 30.3 Å². The lowest BCUT2D eigenvalue weighted by Gasteiger charge is -2.30. The average molecular weight is 341 g/mol. The molecule has 0 spiro atoms. The van der Waals surface area contributed by atoms with Gasteiger partial charge in [0.15, 0.2) is 0 Å². The van der Waals surface area contributed by atoms with E-state index in [1.54, 1.807) is 29.4 Å². The number of hydrogen-bond donors (Lipinski definition) is 1. The van der Waals surface area contributed by atoms with Gasteiger partial charge >= 0.3 is 6.09 Å². The summed E-state index contributed by atoms with van der Waals surface area (Å²) in [7, 11) is 0. The van der Waals surface area contributed by atoms with Crippen molar-refractivity contribution in [2.45, 2.75) is 19.4 Å². The molecule has 0 atom stereocenters. The molecule has 1 amide bonds. The first kappa shape index (κ1) is 17.1. The fraction of sp³-hybridized carbons (Fsp3) is 0.368. The summed E-state index contributed by atoms with van der Waals surface area (Å²) in [4.78, 5) is 18.5. The molecule has 2 aromatic rings. The monoisotopic (exact) mass is 341 g/mol. The predicted molar refractivity (Wildman–Crippen MR) is 93.0 cm³/mol. The number of rotatable bonds is 4. The highest BCUT2D eigenvalue weighted by molar-refractivity contribution is 5.67.